The highest BCUT2D eigenvalue weighted by atomic mass is 79.9. The van der Waals surface area contributed by atoms with E-state index in [1.807, 2.05) is 30.3 Å². The van der Waals surface area contributed by atoms with Crippen LogP contribution in [0.4, 0.5) is 0 Å². The zero-order valence-corrected chi connectivity index (χ0v) is 17.3. The molecule has 0 amide bonds. The molecule has 2 atom stereocenters. The van der Waals surface area contributed by atoms with E-state index in [1.54, 1.807) is 0 Å². The van der Waals surface area contributed by atoms with Crippen LogP contribution in [-0.2, 0) is 22.6 Å². The molecule has 0 radical (unpaired) electrons. The van der Waals surface area contributed by atoms with E-state index in [9.17, 15) is 4.79 Å². The van der Waals surface area contributed by atoms with Crippen LogP contribution < -0.4 is 4.74 Å². The van der Waals surface area contributed by atoms with Crippen LogP contribution in [0.15, 0.2) is 47.0 Å². The summed E-state index contributed by atoms with van der Waals surface area (Å²) in [7, 11) is 0. The van der Waals surface area contributed by atoms with Crippen LogP contribution in [-0.4, -0.2) is 12.6 Å². The van der Waals surface area contributed by atoms with E-state index in [-0.39, 0.29) is 11.9 Å². The minimum Gasteiger partial charge on any atom is -0.487 e. The number of ether oxygens (including phenoxy) is 2. The normalized spacial score (nSPS) is 24.6. The van der Waals surface area contributed by atoms with Crippen LogP contribution in [0.2, 0.25) is 4.34 Å². The van der Waals surface area contributed by atoms with Crippen LogP contribution in [0.1, 0.15) is 23.3 Å². The zero-order valence-electron chi connectivity index (χ0n) is 14.1. The Morgan fingerprint density at radius 3 is 2.96 bits per heavy atom. The lowest BCUT2D eigenvalue weighted by Gasteiger charge is -2.24. The maximum Gasteiger partial charge on any atom is 0.313 e. The Labute approximate surface area is 170 Å². The lowest BCUT2D eigenvalue weighted by atomic mass is 9.75. The minimum absolute atomic E-state index is 0.0767. The van der Waals surface area contributed by atoms with Gasteiger partial charge in [0.2, 0.25) is 0 Å². The fourth-order valence-corrected chi connectivity index (χ4v) is 5.52. The first-order valence-electron chi connectivity index (χ1n) is 8.45. The van der Waals surface area contributed by atoms with Gasteiger partial charge in [0.25, 0.3) is 0 Å². The number of halogens is 2. The molecule has 2 fully saturated rings. The van der Waals surface area contributed by atoms with Gasteiger partial charge in [0.1, 0.15) is 12.4 Å². The molecule has 1 saturated heterocycles. The van der Waals surface area contributed by atoms with Gasteiger partial charge >= 0.3 is 5.97 Å². The molecule has 4 rings (SSSR count). The van der Waals surface area contributed by atoms with Crippen molar-refractivity contribution in [2.75, 3.05) is 6.61 Å². The average Bonchev–Trinajstić information content (AvgIpc) is 3.22. The van der Waals surface area contributed by atoms with E-state index in [1.165, 1.54) is 11.3 Å². The third kappa shape index (κ3) is 3.32. The molecule has 3 nitrogen and oxygen atoms in total. The first-order chi connectivity index (χ1) is 12.5. The Morgan fingerprint density at radius 1 is 1.38 bits per heavy atom. The molecule has 1 aliphatic heterocycles. The molecule has 2 aliphatic rings. The van der Waals surface area contributed by atoms with Crippen LogP contribution in [0.25, 0.3) is 0 Å². The number of cyclic esters (lactones) is 1. The van der Waals surface area contributed by atoms with E-state index in [4.69, 9.17) is 21.1 Å². The smallest absolute Gasteiger partial charge is 0.313 e. The highest BCUT2D eigenvalue weighted by Crippen LogP contribution is 2.52. The average molecular weight is 454 g/mol. The summed E-state index contributed by atoms with van der Waals surface area (Å²) in [6, 6.07) is 9.85. The van der Waals surface area contributed by atoms with E-state index >= 15 is 0 Å². The van der Waals surface area contributed by atoms with Crippen molar-refractivity contribution in [1.29, 1.82) is 0 Å². The number of hydrogen-bond donors (Lipinski definition) is 0. The second kappa shape index (κ2) is 7.02. The summed E-state index contributed by atoms with van der Waals surface area (Å²) in [4.78, 5) is 13.5. The SMILES string of the molecule is C=C1CC2COC(=O)C2(Cc2ccc(OCc3ccc(Cl)s3)c(Br)c2)C1. The van der Waals surface area contributed by atoms with Gasteiger partial charge in [-0.25, -0.2) is 0 Å². The van der Waals surface area contributed by atoms with Gasteiger partial charge in [-0.05, 0) is 65.0 Å². The van der Waals surface area contributed by atoms with Crippen molar-refractivity contribution in [3.63, 3.8) is 0 Å². The molecule has 0 spiro atoms. The predicted molar refractivity (Wildman–Crippen MR) is 107 cm³/mol. The van der Waals surface area contributed by atoms with Crippen molar-refractivity contribution in [2.45, 2.75) is 25.9 Å². The molecule has 1 saturated carbocycles. The van der Waals surface area contributed by atoms with Crippen molar-refractivity contribution in [1.82, 2.24) is 0 Å². The molecule has 2 unspecified atom stereocenters. The summed E-state index contributed by atoms with van der Waals surface area (Å²) in [5.74, 6) is 0.949. The summed E-state index contributed by atoms with van der Waals surface area (Å²) in [5.41, 5.74) is 1.81. The first-order valence-corrected chi connectivity index (χ1v) is 10.4. The monoisotopic (exact) mass is 452 g/mol. The third-order valence-corrected chi connectivity index (χ3v) is 7.04. The number of benzene rings is 1. The highest BCUT2D eigenvalue weighted by Gasteiger charge is 2.55. The topological polar surface area (TPSA) is 35.5 Å². The summed E-state index contributed by atoms with van der Waals surface area (Å²) in [6.45, 7) is 5.10. The number of rotatable bonds is 5. The van der Waals surface area contributed by atoms with Crippen molar-refractivity contribution in [2.24, 2.45) is 11.3 Å². The summed E-state index contributed by atoms with van der Waals surface area (Å²) < 4.78 is 12.9. The summed E-state index contributed by atoms with van der Waals surface area (Å²) >= 11 is 11.1. The molecule has 1 aromatic heterocycles. The number of carbonyl (C=O) groups excluding carboxylic acids is 1. The number of esters is 1. The molecular formula is C20H18BrClO3S. The molecule has 6 heteroatoms. The fourth-order valence-electron chi connectivity index (χ4n) is 3.98. The second-order valence-corrected chi connectivity index (χ2v) is 9.67. The van der Waals surface area contributed by atoms with Gasteiger partial charge in [0, 0.05) is 10.8 Å². The first kappa shape index (κ1) is 18.1. The van der Waals surface area contributed by atoms with Gasteiger partial charge < -0.3 is 9.47 Å². The fraction of sp³-hybridized carbons (Fsp3) is 0.350. The highest BCUT2D eigenvalue weighted by molar-refractivity contribution is 9.10. The lowest BCUT2D eigenvalue weighted by Crippen LogP contribution is -2.31. The van der Waals surface area contributed by atoms with Crippen molar-refractivity contribution in [3.8, 4) is 5.75 Å². The van der Waals surface area contributed by atoms with Gasteiger partial charge in [-0.15, -0.1) is 11.3 Å². The van der Waals surface area contributed by atoms with E-state index < -0.39 is 5.41 Å². The largest absolute Gasteiger partial charge is 0.487 e. The van der Waals surface area contributed by atoms with E-state index in [0.717, 1.165) is 43.4 Å². The van der Waals surface area contributed by atoms with Crippen LogP contribution in [0.3, 0.4) is 0 Å². The number of thiophene rings is 1. The molecule has 136 valence electrons. The molecule has 2 aromatic rings. The second-order valence-electron chi connectivity index (χ2n) is 7.02. The number of fused-ring (bicyclic) bond motifs is 1. The summed E-state index contributed by atoms with van der Waals surface area (Å²) in [6.07, 6.45) is 2.29. The van der Waals surface area contributed by atoms with Crippen LogP contribution in [0.5, 0.6) is 5.75 Å². The van der Waals surface area contributed by atoms with Gasteiger partial charge in [-0.1, -0.05) is 29.8 Å². The molecule has 0 bridgehead atoms. The van der Waals surface area contributed by atoms with Gasteiger partial charge in [0.15, 0.2) is 0 Å². The van der Waals surface area contributed by atoms with E-state index in [0.29, 0.717) is 19.6 Å². The van der Waals surface area contributed by atoms with Crippen molar-refractivity contribution in [3.05, 3.63) is 61.7 Å². The molecule has 26 heavy (non-hydrogen) atoms. The molecular weight excluding hydrogens is 436 g/mol. The summed E-state index contributed by atoms with van der Waals surface area (Å²) in [5, 5.41) is 0. The maximum atomic E-state index is 12.4. The Morgan fingerprint density at radius 2 is 2.23 bits per heavy atom. The number of allylic oxidation sites excluding steroid dienone is 1. The van der Waals surface area contributed by atoms with Crippen molar-refractivity contribution >= 4 is 44.8 Å². The molecule has 1 aliphatic carbocycles. The minimum atomic E-state index is -0.438. The van der Waals surface area contributed by atoms with Crippen LogP contribution >= 0.6 is 38.9 Å². The Bertz CT molecular complexity index is 878. The Balaban J connectivity index is 1.49. The van der Waals surface area contributed by atoms with Gasteiger partial charge in [-0.3, -0.25) is 4.79 Å². The molecule has 0 N–H and O–H groups in total. The number of hydrogen-bond acceptors (Lipinski definition) is 4. The Kier molecular flexibility index (Phi) is 4.88. The van der Waals surface area contributed by atoms with E-state index in [2.05, 4.69) is 22.5 Å². The van der Waals surface area contributed by atoms with Gasteiger partial charge in [-0.2, -0.15) is 0 Å². The lowest BCUT2D eigenvalue weighted by molar-refractivity contribution is -0.146. The van der Waals surface area contributed by atoms with Gasteiger partial charge in [0.05, 0.1) is 20.8 Å². The molecule has 1 aromatic carbocycles. The zero-order chi connectivity index (χ0) is 18.3. The quantitative estimate of drug-likeness (QED) is 0.424. The Hall–Kier alpha value is -1.30. The predicted octanol–water partition coefficient (Wildman–Crippen LogP) is 5.79. The van der Waals surface area contributed by atoms with Crippen LogP contribution in [0, 0.1) is 11.3 Å². The number of carbonyl (C=O) groups is 1. The standard InChI is InChI=1S/C20H18BrClO3S/c1-12-6-14-10-25-19(23)20(14,8-12)9-13-2-4-17(16(21)7-13)24-11-15-3-5-18(22)26-15/h2-5,7,14H,1,6,8-11H2. The third-order valence-electron chi connectivity index (χ3n) is 5.22. The maximum absolute atomic E-state index is 12.4. The van der Waals surface area contributed by atoms with Crippen molar-refractivity contribution < 1.29 is 14.3 Å². The molecule has 2 heterocycles.